The number of anilines is 2. The summed E-state index contributed by atoms with van der Waals surface area (Å²) in [6.45, 7) is 2.03. The smallest absolute Gasteiger partial charge is 0.223 e. The van der Waals surface area contributed by atoms with E-state index < -0.39 is 0 Å². The van der Waals surface area contributed by atoms with Gasteiger partial charge in [0.2, 0.25) is 5.95 Å². The molecular formula is C8H14N4OS. The minimum absolute atomic E-state index is 0.106. The normalized spacial score (nSPS) is 12.5. The fourth-order valence-electron chi connectivity index (χ4n) is 0.875. The lowest BCUT2D eigenvalue weighted by Gasteiger charge is -2.08. The minimum atomic E-state index is 0.106. The van der Waals surface area contributed by atoms with Crippen molar-refractivity contribution in [2.75, 3.05) is 24.7 Å². The molecule has 0 saturated carbocycles. The maximum absolute atomic E-state index is 8.88. The van der Waals surface area contributed by atoms with Crippen molar-refractivity contribution in [3.63, 3.8) is 0 Å². The number of nitrogen functional groups attached to an aromatic ring is 1. The number of aliphatic hydroxyl groups excluding tert-OH is 1. The Hall–Kier alpha value is -1.01. The van der Waals surface area contributed by atoms with Crippen molar-refractivity contribution < 1.29 is 5.11 Å². The Kier molecular flexibility index (Phi) is 3.97. The van der Waals surface area contributed by atoms with Gasteiger partial charge in [0.1, 0.15) is 10.8 Å². The molecule has 1 aromatic heterocycles. The molecule has 0 aliphatic carbocycles. The molecule has 0 bridgehead atoms. The first-order valence-electron chi connectivity index (χ1n) is 4.25. The first-order valence-corrected chi connectivity index (χ1v) is 5.13. The molecule has 0 saturated heterocycles. The molecule has 14 heavy (non-hydrogen) atoms. The van der Waals surface area contributed by atoms with Crippen LogP contribution in [0.2, 0.25) is 0 Å². The van der Waals surface area contributed by atoms with E-state index in [9.17, 15) is 0 Å². The van der Waals surface area contributed by atoms with Crippen LogP contribution in [0.15, 0.2) is 11.1 Å². The zero-order chi connectivity index (χ0) is 10.6. The highest BCUT2D eigenvalue weighted by Gasteiger charge is 2.06. The zero-order valence-electron chi connectivity index (χ0n) is 8.19. The monoisotopic (exact) mass is 214 g/mol. The Labute approximate surface area is 87.1 Å². The van der Waals surface area contributed by atoms with E-state index in [0.717, 1.165) is 5.03 Å². The van der Waals surface area contributed by atoms with Gasteiger partial charge >= 0.3 is 0 Å². The van der Waals surface area contributed by atoms with Crippen LogP contribution in [0.5, 0.6) is 0 Å². The van der Waals surface area contributed by atoms with E-state index in [4.69, 9.17) is 10.8 Å². The molecule has 6 heteroatoms. The lowest BCUT2D eigenvalue weighted by Crippen LogP contribution is -2.05. The van der Waals surface area contributed by atoms with Gasteiger partial charge in [0.25, 0.3) is 0 Å². The second-order valence-corrected chi connectivity index (χ2v) is 4.27. The summed E-state index contributed by atoms with van der Waals surface area (Å²) in [5.41, 5.74) is 5.51. The number of nitrogens with one attached hydrogen (secondary N) is 1. The summed E-state index contributed by atoms with van der Waals surface area (Å²) in [4.78, 5) is 8.01. The molecule has 1 heterocycles. The van der Waals surface area contributed by atoms with Crippen molar-refractivity contribution in [2.24, 2.45) is 0 Å². The highest BCUT2D eigenvalue weighted by Crippen LogP contribution is 2.23. The number of aromatic nitrogens is 2. The Morgan fingerprint density at radius 2 is 2.36 bits per heavy atom. The van der Waals surface area contributed by atoms with E-state index in [1.54, 1.807) is 13.1 Å². The van der Waals surface area contributed by atoms with Crippen molar-refractivity contribution in [1.82, 2.24) is 9.97 Å². The second kappa shape index (κ2) is 5.02. The molecule has 5 nitrogen and oxygen atoms in total. The van der Waals surface area contributed by atoms with Gasteiger partial charge in [0.05, 0.1) is 6.61 Å². The lowest BCUT2D eigenvalue weighted by atomic mass is 10.5. The Morgan fingerprint density at radius 1 is 1.64 bits per heavy atom. The number of rotatable bonds is 4. The van der Waals surface area contributed by atoms with Crippen molar-refractivity contribution in [3.8, 4) is 0 Å². The summed E-state index contributed by atoms with van der Waals surface area (Å²) in [6, 6.07) is 1.80. The largest absolute Gasteiger partial charge is 0.395 e. The maximum Gasteiger partial charge on any atom is 0.223 e. The van der Waals surface area contributed by atoms with E-state index in [1.165, 1.54) is 11.8 Å². The highest BCUT2D eigenvalue weighted by molar-refractivity contribution is 7.99. The summed E-state index contributed by atoms with van der Waals surface area (Å²) < 4.78 is 0. The summed E-state index contributed by atoms with van der Waals surface area (Å²) in [6.07, 6.45) is 0. The van der Waals surface area contributed by atoms with Gasteiger partial charge in [-0.1, -0.05) is 6.92 Å². The summed E-state index contributed by atoms with van der Waals surface area (Å²) >= 11 is 1.47. The van der Waals surface area contributed by atoms with Crippen LogP contribution >= 0.6 is 11.8 Å². The first-order chi connectivity index (χ1) is 6.65. The van der Waals surface area contributed by atoms with Gasteiger partial charge in [-0.2, -0.15) is 4.98 Å². The van der Waals surface area contributed by atoms with Gasteiger partial charge in [0.15, 0.2) is 0 Å². The molecule has 0 amide bonds. The van der Waals surface area contributed by atoms with Gasteiger partial charge < -0.3 is 16.2 Å². The van der Waals surface area contributed by atoms with Crippen LogP contribution in [0.4, 0.5) is 11.8 Å². The topological polar surface area (TPSA) is 84.1 Å². The summed E-state index contributed by atoms with van der Waals surface area (Å²) in [5.74, 6) is 0.926. The molecular weight excluding hydrogens is 200 g/mol. The Balaban J connectivity index is 2.81. The Bertz CT molecular complexity index is 307. The van der Waals surface area contributed by atoms with Crippen LogP contribution < -0.4 is 11.1 Å². The molecule has 78 valence electrons. The second-order valence-electron chi connectivity index (χ2n) is 2.81. The molecule has 0 aliphatic rings. The van der Waals surface area contributed by atoms with Gasteiger partial charge in [-0.3, -0.25) is 0 Å². The number of nitrogens with two attached hydrogens (primary N) is 1. The quantitative estimate of drug-likeness (QED) is 0.502. The van der Waals surface area contributed by atoms with Crippen LogP contribution in [-0.2, 0) is 0 Å². The van der Waals surface area contributed by atoms with Crippen molar-refractivity contribution in [2.45, 2.75) is 17.2 Å². The molecule has 1 atom stereocenters. The lowest BCUT2D eigenvalue weighted by molar-refractivity contribution is 0.300. The number of thioether (sulfide) groups is 1. The fourth-order valence-corrected chi connectivity index (χ4v) is 1.69. The molecule has 4 N–H and O–H groups in total. The van der Waals surface area contributed by atoms with E-state index in [1.807, 2.05) is 6.92 Å². The van der Waals surface area contributed by atoms with Crippen molar-refractivity contribution in [1.29, 1.82) is 0 Å². The van der Waals surface area contributed by atoms with Gasteiger partial charge in [-0.05, 0) is 0 Å². The zero-order valence-corrected chi connectivity index (χ0v) is 9.01. The van der Waals surface area contributed by atoms with Crippen LogP contribution in [-0.4, -0.2) is 34.0 Å². The SMILES string of the molecule is CNc1cc(SC(C)CO)nc(N)n1. The predicted octanol–water partition coefficient (Wildman–Crippen LogP) is 0.573. The molecule has 0 fully saturated rings. The number of nitrogens with zero attached hydrogens (tertiary/aromatic N) is 2. The Morgan fingerprint density at radius 3 is 2.93 bits per heavy atom. The molecule has 0 spiro atoms. The molecule has 0 aliphatic heterocycles. The highest BCUT2D eigenvalue weighted by atomic mass is 32.2. The van der Waals surface area contributed by atoms with Gasteiger partial charge in [-0.15, -0.1) is 11.8 Å². The van der Waals surface area contributed by atoms with Crippen molar-refractivity contribution in [3.05, 3.63) is 6.07 Å². The van der Waals surface area contributed by atoms with E-state index in [2.05, 4.69) is 15.3 Å². The summed E-state index contributed by atoms with van der Waals surface area (Å²) in [7, 11) is 1.77. The van der Waals surface area contributed by atoms with Crippen LogP contribution in [0.1, 0.15) is 6.92 Å². The predicted molar refractivity (Wildman–Crippen MR) is 58.4 cm³/mol. The van der Waals surface area contributed by atoms with Crippen LogP contribution in [0.3, 0.4) is 0 Å². The van der Waals surface area contributed by atoms with Crippen LogP contribution in [0.25, 0.3) is 0 Å². The molecule has 1 aromatic rings. The third-order valence-electron chi connectivity index (χ3n) is 1.56. The van der Waals surface area contributed by atoms with Gasteiger partial charge in [-0.25, -0.2) is 4.98 Å². The molecule has 0 radical (unpaired) electrons. The maximum atomic E-state index is 8.88. The third kappa shape index (κ3) is 3.04. The first kappa shape index (κ1) is 11.1. The van der Waals surface area contributed by atoms with Crippen molar-refractivity contribution >= 4 is 23.5 Å². The summed E-state index contributed by atoms with van der Waals surface area (Å²) in [5, 5.41) is 12.6. The molecule has 0 aromatic carbocycles. The van der Waals surface area contributed by atoms with Crippen LogP contribution in [0, 0.1) is 0 Å². The standard InChI is InChI=1S/C8H14N4OS/c1-5(4-13)14-7-3-6(10-2)11-8(9)12-7/h3,5,13H,4H2,1-2H3,(H3,9,10,11,12). The number of hydrogen-bond acceptors (Lipinski definition) is 6. The van der Waals surface area contributed by atoms with E-state index in [-0.39, 0.29) is 17.8 Å². The molecule has 1 rings (SSSR count). The average molecular weight is 214 g/mol. The number of hydrogen-bond donors (Lipinski definition) is 3. The third-order valence-corrected chi connectivity index (χ3v) is 2.56. The van der Waals surface area contributed by atoms with Gasteiger partial charge in [0, 0.05) is 18.4 Å². The van der Waals surface area contributed by atoms with E-state index >= 15 is 0 Å². The average Bonchev–Trinajstić information content (AvgIpc) is 2.16. The number of aliphatic hydroxyl groups is 1. The van der Waals surface area contributed by atoms with E-state index in [0.29, 0.717) is 5.82 Å². The minimum Gasteiger partial charge on any atom is -0.395 e. The molecule has 1 unspecified atom stereocenters. The fraction of sp³-hybridized carbons (Fsp3) is 0.500.